The zero-order valence-corrected chi connectivity index (χ0v) is 17.4. The smallest absolute Gasteiger partial charge is 0.243 e. The Kier molecular flexibility index (Phi) is 6.25. The molecule has 3 rings (SSSR count). The van der Waals surface area contributed by atoms with E-state index in [9.17, 15) is 20.1 Å². The fourth-order valence-electron chi connectivity index (χ4n) is 3.32. The Balaban J connectivity index is 1.76. The van der Waals surface area contributed by atoms with Crippen molar-refractivity contribution in [3.8, 4) is 23.3 Å². The Hall–Kier alpha value is -3.55. The Labute approximate surface area is 179 Å². The van der Waals surface area contributed by atoms with E-state index in [0.29, 0.717) is 16.3 Å². The summed E-state index contributed by atoms with van der Waals surface area (Å²) >= 11 is 1.08. The summed E-state index contributed by atoms with van der Waals surface area (Å²) in [6.45, 7) is 3.38. The Morgan fingerprint density at radius 3 is 2.47 bits per heavy atom. The van der Waals surface area contributed by atoms with Gasteiger partial charge in [0.1, 0.15) is 5.92 Å². The quantitative estimate of drug-likeness (QED) is 0.765. The molecule has 0 saturated heterocycles. The van der Waals surface area contributed by atoms with Crippen LogP contribution in [0, 0.1) is 34.0 Å². The van der Waals surface area contributed by atoms with Crippen LogP contribution in [-0.4, -0.2) is 17.6 Å². The van der Waals surface area contributed by atoms with Crippen molar-refractivity contribution in [2.24, 2.45) is 11.3 Å². The van der Waals surface area contributed by atoms with E-state index in [1.807, 2.05) is 60.7 Å². The minimum atomic E-state index is -0.955. The molecule has 2 amide bonds. The summed E-state index contributed by atoms with van der Waals surface area (Å²) in [6, 6.07) is 21.3. The first-order valence-corrected chi connectivity index (χ1v) is 10.3. The maximum Gasteiger partial charge on any atom is 0.243 e. The maximum atomic E-state index is 12.6. The lowest BCUT2D eigenvalue weighted by molar-refractivity contribution is -0.125. The zero-order chi connectivity index (χ0) is 21.7. The van der Waals surface area contributed by atoms with Crippen LogP contribution in [-0.2, 0) is 9.59 Å². The number of nitrogens with one attached hydrogen (secondary N) is 2. The molecule has 0 fully saturated rings. The SMILES string of the molecule is CC1(C)C(C#N)=C(SCC(=O)Nc2ccccc2-c2ccccc2)NC(=O)[C@H]1C#N. The van der Waals surface area contributed by atoms with Crippen LogP contribution < -0.4 is 10.6 Å². The van der Waals surface area contributed by atoms with Gasteiger partial charge in [-0.3, -0.25) is 9.59 Å². The Morgan fingerprint density at radius 2 is 1.80 bits per heavy atom. The van der Waals surface area contributed by atoms with E-state index in [1.54, 1.807) is 13.8 Å². The highest BCUT2D eigenvalue weighted by Gasteiger charge is 2.44. The number of benzene rings is 2. The zero-order valence-electron chi connectivity index (χ0n) is 16.6. The molecule has 0 radical (unpaired) electrons. The van der Waals surface area contributed by atoms with Crippen molar-refractivity contribution in [3.63, 3.8) is 0 Å². The number of rotatable bonds is 5. The average molecular weight is 417 g/mol. The van der Waals surface area contributed by atoms with Gasteiger partial charge in [0.2, 0.25) is 11.8 Å². The lowest BCUT2D eigenvalue weighted by Crippen LogP contribution is -2.44. The van der Waals surface area contributed by atoms with Crippen molar-refractivity contribution >= 4 is 29.3 Å². The molecule has 1 heterocycles. The van der Waals surface area contributed by atoms with Crippen LogP contribution in [0.2, 0.25) is 0 Å². The number of allylic oxidation sites excluding steroid dienone is 1. The van der Waals surface area contributed by atoms with Crippen molar-refractivity contribution in [3.05, 3.63) is 65.2 Å². The van der Waals surface area contributed by atoms with Gasteiger partial charge in [0, 0.05) is 16.7 Å². The van der Waals surface area contributed by atoms with Gasteiger partial charge in [-0.05, 0) is 11.6 Å². The molecule has 0 saturated carbocycles. The number of amides is 2. The van der Waals surface area contributed by atoms with Gasteiger partial charge in [-0.25, -0.2) is 0 Å². The molecular formula is C23H20N4O2S. The first kappa shape index (κ1) is 21.2. The van der Waals surface area contributed by atoms with Gasteiger partial charge in [0.15, 0.2) is 0 Å². The van der Waals surface area contributed by atoms with Crippen molar-refractivity contribution in [1.82, 2.24) is 5.32 Å². The first-order valence-electron chi connectivity index (χ1n) is 9.31. The highest BCUT2D eigenvalue weighted by Crippen LogP contribution is 2.41. The predicted molar refractivity (Wildman–Crippen MR) is 117 cm³/mol. The molecule has 2 N–H and O–H groups in total. The molecule has 0 spiro atoms. The van der Waals surface area contributed by atoms with E-state index in [0.717, 1.165) is 22.9 Å². The van der Waals surface area contributed by atoms with Crippen LogP contribution in [0.3, 0.4) is 0 Å². The standard InChI is InChI=1S/C23H20N4O2S/c1-23(2)17(12-24)21(29)27-22(18(23)13-25)30-14-20(28)26-19-11-7-6-10-16(19)15-8-4-3-5-9-15/h3-11,17H,14H2,1-2H3,(H,26,28)(H,27,29)/t17-/m1/s1. The number of nitriles is 2. The molecule has 0 unspecified atom stereocenters. The molecule has 7 heteroatoms. The van der Waals surface area contributed by atoms with Crippen molar-refractivity contribution in [2.45, 2.75) is 13.8 Å². The highest BCUT2D eigenvalue weighted by molar-refractivity contribution is 8.03. The maximum absolute atomic E-state index is 12.6. The minimum absolute atomic E-state index is 0.0111. The number of hydrogen-bond acceptors (Lipinski definition) is 5. The van der Waals surface area contributed by atoms with Crippen LogP contribution in [0.1, 0.15) is 13.8 Å². The summed E-state index contributed by atoms with van der Waals surface area (Å²) in [4.78, 5) is 24.9. The molecular weight excluding hydrogens is 396 g/mol. The molecule has 0 bridgehead atoms. The molecule has 1 aliphatic heterocycles. The van der Waals surface area contributed by atoms with Gasteiger partial charge >= 0.3 is 0 Å². The first-order chi connectivity index (χ1) is 14.4. The van der Waals surface area contributed by atoms with Gasteiger partial charge in [-0.2, -0.15) is 10.5 Å². The Bertz CT molecular complexity index is 1090. The topological polar surface area (TPSA) is 106 Å². The molecule has 6 nitrogen and oxygen atoms in total. The molecule has 30 heavy (non-hydrogen) atoms. The van der Waals surface area contributed by atoms with Crippen LogP contribution in [0.25, 0.3) is 11.1 Å². The van der Waals surface area contributed by atoms with E-state index < -0.39 is 17.2 Å². The number of nitrogens with zero attached hydrogens (tertiary/aromatic N) is 2. The number of para-hydroxylation sites is 1. The van der Waals surface area contributed by atoms with E-state index in [-0.39, 0.29) is 11.7 Å². The van der Waals surface area contributed by atoms with Gasteiger partial charge in [-0.15, -0.1) is 0 Å². The lowest BCUT2D eigenvalue weighted by atomic mass is 9.72. The summed E-state index contributed by atoms with van der Waals surface area (Å²) in [5, 5.41) is 24.7. The van der Waals surface area contributed by atoms with Crippen LogP contribution in [0.5, 0.6) is 0 Å². The molecule has 0 aliphatic carbocycles. The summed E-state index contributed by atoms with van der Waals surface area (Å²) in [7, 11) is 0. The highest BCUT2D eigenvalue weighted by atomic mass is 32.2. The average Bonchev–Trinajstić information content (AvgIpc) is 2.73. The van der Waals surface area contributed by atoms with Gasteiger partial charge in [-0.1, -0.05) is 74.1 Å². The third kappa shape index (κ3) is 4.22. The minimum Gasteiger partial charge on any atom is -0.325 e. The van der Waals surface area contributed by atoms with Crippen LogP contribution in [0.4, 0.5) is 5.69 Å². The third-order valence-electron chi connectivity index (χ3n) is 4.97. The number of hydrogen-bond donors (Lipinski definition) is 2. The fourth-order valence-corrected chi connectivity index (χ4v) is 4.29. The number of carbonyl (C=O) groups excluding carboxylic acids is 2. The monoisotopic (exact) mass is 416 g/mol. The largest absolute Gasteiger partial charge is 0.325 e. The van der Waals surface area contributed by atoms with Crippen molar-refractivity contribution in [1.29, 1.82) is 10.5 Å². The van der Waals surface area contributed by atoms with Gasteiger partial charge in [0.05, 0.1) is 28.5 Å². The molecule has 0 aromatic heterocycles. The lowest BCUT2D eigenvalue weighted by Gasteiger charge is -2.34. The van der Waals surface area contributed by atoms with E-state index >= 15 is 0 Å². The van der Waals surface area contributed by atoms with Crippen molar-refractivity contribution in [2.75, 3.05) is 11.1 Å². The summed E-state index contributed by atoms with van der Waals surface area (Å²) < 4.78 is 0. The molecule has 1 aliphatic rings. The summed E-state index contributed by atoms with van der Waals surface area (Å²) in [5.41, 5.74) is 1.94. The molecule has 1 atom stereocenters. The Morgan fingerprint density at radius 1 is 1.13 bits per heavy atom. The fraction of sp³-hybridized carbons (Fsp3) is 0.217. The second kappa shape index (κ2) is 8.86. The van der Waals surface area contributed by atoms with E-state index in [4.69, 9.17) is 0 Å². The summed E-state index contributed by atoms with van der Waals surface area (Å²) in [6.07, 6.45) is 0. The molecule has 150 valence electrons. The summed E-state index contributed by atoms with van der Waals surface area (Å²) in [5.74, 6) is -1.67. The predicted octanol–water partition coefficient (Wildman–Crippen LogP) is 4.06. The normalized spacial score (nSPS) is 17.5. The van der Waals surface area contributed by atoms with E-state index in [1.165, 1.54) is 0 Å². The number of thioether (sulfide) groups is 1. The second-order valence-corrected chi connectivity index (χ2v) is 8.32. The third-order valence-corrected chi connectivity index (χ3v) is 5.97. The number of carbonyl (C=O) groups is 2. The van der Waals surface area contributed by atoms with Gasteiger partial charge in [0.25, 0.3) is 0 Å². The molecule has 2 aromatic rings. The van der Waals surface area contributed by atoms with Gasteiger partial charge < -0.3 is 10.6 Å². The van der Waals surface area contributed by atoms with Crippen molar-refractivity contribution < 1.29 is 9.59 Å². The molecule has 2 aromatic carbocycles. The van der Waals surface area contributed by atoms with Crippen LogP contribution in [0.15, 0.2) is 65.2 Å². The number of anilines is 1. The van der Waals surface area contributed by atoms with Crippen LogP contribution >= 0.6 is 11.8 Å². The second-order valence-electron chi connectivity index (χ2n) is 7.34. The van der Waals surface area contributed by atoms with E-state index in [2.05, 4.69) is 16.7 Å².